The van der Waals surface area contributed by atoms with E-state index in [-0.39, 0.29) is 0 Å². The minimum Gasteiger partial charge on any atom is -0.314 e. The second kappa shape index (κ2) is 7.68. The van der Waals surface area contributed by atoms with E-state index in [2.05, 4.69) is 25.6 Å². The van der Waals surface area contributed by atoms with Crippen LogP contribution < -0.4 is 10.6 Å². The number of nitrogens with one attached hydrogen (secondary N) is 2. The minimum absolute atomic E-state index is 0.778. The molecule has 2 heterocycles. The third-order valence-corrected chi connectivity index (χ3v) is 2.55. The third kappa shape index (κ3) is 4.73. The summed E-state index contributed by atoms with van der Waals surface area (Å²) in [7, 11) is 0. The lowest BCUT2D eigenvalue weighted by Gasteiger charge is -2.03. The van der Waals surface area contributed by atoms with E-state index in [1.807, 2.05) is 30.6 Å². The van der Waals surface area contributed by atoms with E-state index in [9.17, 15) is 0 Å². The Bertz CT molecular complexity index is 378. The van der Waals surface area contributed by atoms with Crippen molar-refractivity contribution < 1.29 is 0 Å². The standard InChI is InChI=1S/C13H19N5/c1-2-12-10-16-8-6-14-4-5-15-7-9-17-11-13(3-1)18-12/h1-3,10-11,14-15H,4-9H2. The van der Waals surface area contributed by atoms with Gasteiger partial charge in [0, 0.05) is 38.6 Å². The van der Waals surface area contributed by atoms with Gasteiger partial charge in [-0.1, -0.05) is 6.07 Å². The molecule has 0 saturated carbocycles. The minimum atomic E-state index is 0.778. The first-order chi connectivity index (χ1) is 8.95. The summed E-state index contributed by atoms with van der Waals surface area (Å²) in [5, 5.41) is 6.65. The molecule has 0 aliphatic carbocycles. The van der Waals surface area contributed by atoms with Crippen molar-refractivity contribution in [2.75, 3.05) is 39.3 Å². The number of hydrogen-bond donors (Lipinski definition) is 2. The van der Waals surface area contributed by atoms with Crippen LogP contribution in [0, 0.1) is 0 Å². The Hall–Kier alpha value is -1.59. The molecular weight excluding hydrogens is 226 g/mol. The number of fused-ring (bicyclic) bond motifs is 2. The normalized spacial score (nSPS) is 18.0. The molecule has 0 radical (unpaired) electrons. The zero-order valence-corrected chi connectivity index (χ0v) is 10.5. The lowest BCUT2D eigenvalue weighted by atomic mass is 10.3. The first-order valence-corrected chi connectivity index (χ1v) is 6.33. The molecular formula is C13H19N5. The van der Waals surface area contributed by atoms with Gasteiger partial charge in [0.2, 0.25) is 0 Å². The maximum absolute atomic E-state index is 4.44. The average Bonchev–Trinajstić information content (AvgIpc) is 2.40. The van der Waals surface area contributed by atoms with Gasteiger partial charge in [0.25, 0.3) is 0 Å². The lowest BCUT2D eigenvalue weighted by molar-refractivity contribution is 0.619. The number of hydrogen-bond acceptors (Lipinski definition) is 5. The van der Waals surface area contributed by atoms with Crippen LogP contribution in [0.2, 0.25) is 0 Å². The van der Waals surface area contributed by atoms with Crippen LogP contribution in [0.5, 0.6) is 0 Å². The largest absolute Gasteiger partial charge is 0.314 e. The summed E-state index contributed by atoms with van der Waals surface area (Å²) in [4.78, 5) is 13.1. The highest BCUT2D eigenvalue weighted by Crippen LogP contribution is 1.95. The van der Waals surface area contributed by atoms with Crippen LogP contribution in [0.1, 0.15) is 11.4 Å². The first kappa shape index (κ1) is 12.9. The Balaban J connectivity index is 2.03. The molecule has 1 aromatic heterocycles. The summed E-state index contributed by atoms with van der Waals surface area (Å²) in [6.45, 7) is 5.28. The van der Waals surface area contributed by atoms with Crippen LogP contribution in [0.15, 0.2) is 28.2 Å². The number of nitrogens with zero attached hydrogens (tertiary/aromatic N) is 3. The molecule has 0 spiro atoms. The van der Waals surface area contributed by atoms with E-state index in [1.54, 1.807) is 0 Å². The van der Waals surface area contributed by atoms with Gasteiger partial charge in [-0.2, -0.15) is 0 Å². The topological polar surface area (TPSA) is 61.7 Å². The summed E-state index contributed by atoms with van der Waals surface area (Å²) < 4.78 is 0. The zero-order chi connectivity index (χ0) is 12.5. The summed E-state index contributed by atoms with van der Waals surface area (Å²) in [6, 6.07) is 5.88. The van der Waals surface area contributed by atoms with Crippen molar-refractivity contribution in [1.82, 2.24) is 15.6 Å². The highest BCUT2D eigenvalue weighted by molar-refractivity contribution is 5.81. The highest BCUT2D eigenvalue weighted by atomic mass is 15.0. The smallest absolute Gasteiger partial charge is 0.0815 e. The van der Waals surface area contributed by atoms with Gasteiger partial charge in [-0.25, -0.2) is 4.98 Å². The summed E-state index contributed by atoms with van der Waals surface area (Å²) in [6.07, 6.45) is 3.63. The predicted molar refractivity (Wildman–Crippen MR) is 74.9 cm³/mol. The first-order valence-electron chi connectivity index (χ1n) is 6.33. The second-order valence-corrected chi connectivity index (χ2v) is 4.06. The van der Waals surface area contributed by atoms with Crippen molar-refractivity contribution in [1.29, 1.82) is 0 Å². The number of pyridine rings is 1. The van der Waals surface area contributed by atoms with E-state index in [0.717, 1.165) is 50.7 Å². The summed E-state index contributed by atoms with van der Waals surface area (Å²) in [5.41, 5.74) is 1.76. The summed E-state index contributed by atoms with van der Waals surface area (Å²) in [5.74, 6) is 0. The van der Waals surface area contributed by atoms with Gasteiger partial charge in [-0.05, 0) is 12.1 Å². The molecule has 2 N–H and O–H groups in total. The molecule has 18 heavy (non-hydrogen) atoms. The number of aliphatic imine (C=N–C) groups is 2. The molecule has 1 aromatic rings. The Morgan fingerprint density at radius 1 is 0.778 bits per heavy atom. The zero-order valence-electron chi connectivity index (χ0n) is 10.5. The van der Waals surface area contributed by atoms with Crippen LogP contribution in [0.25, 0.3) is 0 Å². The van der Waals surface area contributed by atoms with E-state index in [0.29, 0.717) is 0 Å². The molecule has 5 nitrogen and oxygen atoms in total. The number of rotatable bonds is 0. The number of aromatic nitrogens is 1. The molecule has 0 saturated heterocycles. The van der Waals surface area contributed by atoms with E-state index >= 15 is 0 Å². The van der Waals surface area contributed by atoms with E-state index in [1.165, 1.54) is 0 Å². The fourth-order valence-electron chi connectivity index (χ4n) is 1.64. The van der Waals surface area contributed by atoms with Gasteiger partial charge in [-0.3, -0.25) is 9.98 Å². The average molecular weight is 245 g/mol. The monoisotopic (exact) mass is 245 g/mol. The third-order valence-electron chi connectivity index (χ3n) is 2.55. The van der Waals surface area contributed by atoms with Gasteiger partial charge in [0.05, 0.1) is 24.5 Å². The van der Waals surface area contributed by atoms with Gasteiger partial charge < -0.3 is 10.6 Å². The summed E-state index contributed by atoms with van der Waals surface area (Å²) >= 11 is 0. The Kier molecular flexibility index (Phi) is 5.49. The quantitative estimate of drug-likeness (QED) is 0.682. The molecule has 0 amide bonds. The Morgan fingerprint density at radius 3 is 1.89 bits per heavy atom. The van der Waals surface area contributed by atoms with Gasteiger partial charge in [0.1, 0.15) is 0 Å². The van der Waals surface area contributed by atoms with Crippen LogP contribution in [0.4, 0.5) is 0 Å². The lowest BCUT2D eigenvalue weighted by Crippen LogP contribution is -2.30. The molecule has 1 aliphatic heterocycles. The Labute approximate surface area is 107 Å². The van der Waals surface area contributed by atoms with Crippen LogP contribution >= 0.6 is 0 Å². The van der Waals surface area contributed by atoms with Gasteiger partial charge in [0.15, 0.2) is 0 Å². The SMILES string of the molecule is C1=NCCNCCNCCN=Cc2cccc1n2. The van der Waals surface area contributed by atoms with Crippen LogP contribution in [-0.4, -0.2) is 56.7 Å². The maximum atomic E-state index is 4.44. The molecule has 0 fully saturated rings. The van der Waals surface area contributed by atoms with E-state index in [4.69, 9.17) is 0 Å². The Morgan fingerprint density at radius 2 is 1.33 bits per heavy atom. The second-order valence-electron chi connectivity index (χ2n) is 4.06. The van der Waals surface area contributed by atoms with Crippen molar-refractivity contribution in [3.8, 4) is 0 Å². The van der Waals surface area contributed by atoms with Gasteiger partial charge >= 0.3 is 0 Å². The van der Waals surface area contributed by atoms with Crippen molar-refractivity contribution in [3.05, 3.63) is 29.6 Å². The van der Waals surface area contributed by atoms with Crippen molar-refractivity contribution in [2.24, 2.45) is 9.98 Å². The molecule has 0 unspecified atom stereocenters. The predicted octanol–water partition coefficient (Wildman–Crippen LogP) is 0.112. The fourth-order valence-corrected chi connectivity index (χ4v) is 1.64. The van der Waals surface area contributed by atoms with Crippen molar-refractivity contribution in [3.63, 3.8) is 0 Å². The molecule has 5 heteroatoms. The molecule has 96 valence electrons. The molecule has 2 bridgehead atoms. The molecule has 2 rings (SSSR count). The van der Waals surface area contributed by atoms with Crippen LogP contribution in [-0.2, 0) is 0 Å². The highest BCUT2D eigenvalue weighted by Gasteiger charge is 1.93. The fraction of sp³-hybridized carbons (Fsp3) is 0.462. The molecule has 1 aliphatic rings. The van der Waals surface area contributed by atoms with Crippen LogP contribution in [0.3, 0.4) is 0 Å². The molecule has 0 aromatic carbocycles. The molecule has 0 atom stereocenters. The van der Waals surface area contributed by atoms with Crippen molar-refractivity contribution in [2.45, 2.75) is 0 Å². The van der Waals surface area contributed by atoms with Gasteiger partial charge in [-0.15, -0.1) is 0 Å². The van der Waals surface area contributed by atoms with E-state index < -0.39 is 0 Å². The van der Waals surface area contributed by atoms with Crippen molar-refractivity contribution >= 4 is 12.4 Å². The maximum Gasteiger partial charge on any atom is 0.0815 e.